The molecule has 2 aromatic rings. The highest BCUT2D eigenvalue weighted by Crippen LogP contribution is 2.31. The van der Waals surface area contributed by atoms with Crippen LogP contribution in [0.4, 0.5) is 11.4 Å². The Labute approximate surface area is 111 Å². The van der Waals surface area contributed by atoms with Crippen molar-refractivity contribution < 1.29 is 4.63 Å². The lowest BCUT2D eigenvalue weighted by Gasteiger charge is -2.36. The van der Waals surface area contributed by atoms with Crippen LogP contribution in [0.1, 0.15) is 12.8 Å². The highest BCUT2D eigenvalue weighted by molar-refractivity contribution is 5.95. The number of nitrogens with two attached hydrogens (primary N) is 1. The van der Waals surface area contributed by atoms with Gasteiger partial charge in [-0.15, -0.1) is 0 Å². The molecule has 2 fully saturated rings. The molecule has 6 nitrogen and oxygen atoms in total. The van der Waals surface area contributed by atoms with Crippen molar-refractivity contribution >= 4 is 22.4 Å². The molecule has 0 bridgehead atoms. The Balaban J connectivity index is 1.60. The fourth-order valence-electron chi connectivity index (χ4n) is 2.90. The van der Waals surface area contributed by atoms with E-state index < -0.39 is 0 Å². The summed E-state index contributed by atoms with van der Waals surface area (Å²) in [6, 6.07) is 4.76. The normalized spacial score (nSPS) is 21.2. The summed E-state index contributed by atoms with van der Waals surface area (Å²) in [5, 5.41) is 7.88. The van der Waals surface area contributed by atoms with Gasteiger partial charge in [-0.25, -0.2) is 4.63 Å². The third-order valence-electron chi connectivity index (χ3n) is 4.14. The predicted octanol–water partition coefficient (Wildman–Crippen LogP) is 1.09. The molecule has 1 aromatic heterocycles. The molecule has 1 saturated heterocycles. The average molecular weight is 259 g/mol. The summed E-state index contributed by atoms with van der Waals surface area (Å²) in [6.45, 7) is 4.31. The number of benzene rings is 1. The lowest BCUT2D eigenvalue weighted by Crippen LogP contribution is -2.47. The van der Waals surface area contributed by atoms with Gasteiger partial charge in [0.2, 0.25) is 0 Å². The lowest BCUT2D eigenvalue weighted by molar-refractivity contribution is 0.248. The molecule has 100 valence electrons. The van der Waals surface area contributed by atoms with E-state index in [9.17, 15) is 0 Å². The Kier molecular flexibility index (Phi) is 2.38. The number of nitrogen functional groups attached to an aromatic ring is 1. The van der Waals surface area contributed by atoms with Gasteiger partial charge in [-0.1, -0.05) is 0 Å². The van der Waals surface area contributed by atoms with Crippen LogP contribution in [0.3, 0.4) is 0 Å². The van der Waals surface area contributed by atoms with E-state index in [1.165, 1.54) is 12.8 Å². The van der Waals surface area contributed by atoms with Crippen LogP contribution >= 0.6 is 0 Å². The van der Waals surface area contributed by atoms with E-state index in [-0.39, 0.29) is 0 Å². The van der Waals surface area contributed by atoms with Crippen LogP contribution in [0.25, 0.3) is 11.0 Å². The minimum Gasteiger partial charge on any atom is -0.397 e. The third-order valence-corrected chi connectivity index (χ3v) is 4.14. The third kappa shape index (κ3) is 1.83. The molecule has 4 rings (SSSR count). The quantitative estimate of drug-likeness (QED) is 0.814. The van der Waals surface area contributed by atoms with Gasteiger partial charge < -0.3 is 10.6 Å². The van der Waals surface area contributed by atoms with E-state index >= 15 is 0 Å². The van der Waals surface area contributed by atoms with E-state index in [0.29, 0.717) is 11.2 Å². The second-order valence-corrected chi connectivity index (χ2v) is 5.39. The summed E-state index contributed by atoms with van der Waals surface area (Å²) in [6.07, 6.45) is 2.75. The summed E-state index contributed by atoms with van der Waals surface area (Å²) >= 11 is 0. The summed E-state index contributed by atoms with van der Waals surface area (Å²) < 4.78 is 4.83. The number of aromatic nitrogens is 2. The smallest absolute Gasteiger partial charge is 0.160 e. The number of anilines is 2. The van der Waals surface area contributed by atoms with Crippen LogP contribution < -0.4 is 10.6 Å². The van der Waals surface area contributed by atoms with Gasteiger partial charge in [0.15, 0.2) is 11.0 Å². The molecule has 0 radical (unpaired) electrons. The number of piperazine rings is 1. The van der Waals surface area contributed by atoms with Gasteiger partial charge in [-0.05, 0) is 35.3 Å². The molecule has 0 unspecified atom stereocenters. The standard InChI is InChI=1S/C13H17N5O/c14-10-3-4-11(13-12(10)15-19-16-13)18-7-5-17(6-8-18)9-1-2-9/h3-4,9H,1-2,5-8,14H2. The van der Waals surface area contributed by atoms with E-state index in [1.807, 2.05) is 12.1 Å². The summed E-state index contributed by atoms with van der Waals surface area (Å²) in [4.78, 5) is 4.94. The monoisotopic (exact) mass is 259 g/mol. The van der Waals surface area contributed by atoms with Crippen LogP contribution in [0.5, 0.6) is 0 Å². The molecular formula is C13H17N5O. The van der Waals surface area contributed by atoms with Crippen LogP contribution in [0.2, 0.25) is 0 Å². The first kappa shape index (κ1) is 11.0. The molecule has 1 aliphatic heterocycles. The minimum atomic E-state index is 0.622. The van der Waals surface area contributed by atoms with Crippen molar-refractivity contribution in [2.45, 2.75) is 18.9 Å². The van der Waals surface area contributed by atoms with Gasteiger partial charge in [-0.2, -0.15) is 0 Å². The topological polar surface area (TPSA) is 71.4 Å². The number of hydrogen-bond acceptors (Lipinski definition) is 6. The zero-order chi connectivity index (χ0) is 12.8. The molecule has 1 aromatic carbocycles. The fraction of sp³-hybridized carbons (Fsp3) is 0.538. The highest BCUT2D eigenvalue weighted by Gasteiger charge is 2.31. The van der Waals surface area contributed by atoms with E-state index in [2.05, 4.69) is 20.1 Å². The second-order valence-electron chi connectivity index (χ2n) is 5.39. The molecule has 0 amide bonds. The van der Waals surface area contributed by atoms with Gasteiger partial charge in [0.1, 0.15) is 0 Å². The zero-order valence-corrected chi connectivity index (χ0v) is 10.7. The second kappa shape index (κ2) is 4.09. The molecule has 2 N–H and O–H groups in total. The Bertz CT molecular complexity index is 598. The van der Waals surface area contributed by atoms with Gasteiger partial charge in [-0.3, -0.25) is 4.90 Å². The van der Waals surface area contributed by atoms with Crippen LogP contribution in [-0.2, 0) is 0 Å². The van der Waals surface area contributed by atoms with Crippen LogP contribution in [0, 0.1) is 0 Å². The Morgan fingerprint density at radius 3 is 2.53 bits per heavy atom. The number of rotatable bonds is 2. The summed E-state index contributed by atoms with van der Waals surface area (Å²) in [7, 11) is 0. The molecule has 0 atom stereocenters. The summed E-state index contributed by atoms with van der Waals surface area (Å²) in [5.41, 5.74) is 9.03. The van der Waals surface area contributed by atoms with E-state index in [1.54, 1.807) is 0 Å². The molecule has 2 aliphatic rings. The van der Waals surface area contributed by atoms with Crippen molar-refractivity contribution in [3.8, 4) is 0 Å². The molecule has 2 heterocycles. The van der Waals surface area contributed by atoms with E-state index in [4.69, 9.17) is 10.4 Å². The van der Waals surface area contributed by atoms with Crippen LogP contribution in [0.15, 0.2) is 16.8 Å². The number of nitrogens with zero attached hydrogens (tertiary/aromatic N) is 4. The van der Waals surface area contributed by atoms with Gasteiger partial charge in [0.25, 0.3) is 0 Å². The van der Waals surface area contributed by atoms with Crippen molar-refractivity contribution in [2.75, 3.05) is 36.8 Å². The molecule has 19 heavy (non-hydrogen) atoms. The predicted molar refractivity (Wildman–Crippen MR) is 73.0 cm³/mol. The Morgan fingerprint density at radius 1 is 1.05 bits per heavy atom. The Hall–Kier alpha value is -1.82. The van der Waals surface area contributed by atoms with Gasteiger partial charge in [0.05, 0.1) is 11.4 Å². The van der Waals surface area contributed by atoms with Crippen molar-refractivity contribution in [1.82, 2.24) is 15.2 Å². The summed E-state index contributed by atoms with van der Waals surface area (Å²) in [5.74, 6) is 0. The number of fused-ring (bicyclic) bond motifs is 1. The SMILES string of the molecule is Nc1ccc(N2CCN(C3CC3)CC2)c2nonc12. The Morgan fingerprint density at radius 2 is 1.79 bits per heavy atom. The average Bonchev–Trinajstić information content (AvgIpc) is 3.17. The zero-order valence-electron chi connectivity index (χ0n) is 10.7. The lowest BCUT2D eigenvalue weighted by atomic mass is 10.2. The molecule has 1 saturated carbocycles. The maximum absolute atomic E-state index is 5.88. The maximum atomic E-state index is 5.88. The van der Waals surface area contributed by atoms with Crippen LogP contribution in [-0.4, -0.2) is 47.4 Å². The minimum absolute atomic E-state index is 0.622. The molecule has 0 spiro atoms. The fourth-order valence-corrected chi connectivity index (χ4v) is 2.90. The highest BCUT2D eigenvalue weighted by atomic mass is 16.6. The molecular weight excluding hydrogens is 242 g/mol. The first-order valence-corrected chi connectivity index (χ1v) is 6.82. The molecule has 6 heteroatoms. The van der Waals surface area contributed by atoms with Crippen molar-refractivity contribution in [3.05, 3.63) is 12.1 Å². The first-order chi connectivity index (χ1) is 9.33. The van der Waals surface area contributed by atoms with Gasteiger partial charge >= 0.3 is 0 Å². The van der Waals surface area contributed by atoms with E-state index in [0.717, 1.165) is 43.4 Å². The van der Waals surface area contributed by atoms with Crippen molar-refractivity contribution in [3.63, 3.8) is 0 Å². The van der Waals surface area contributed by atoms with Crippen molar-refractivity contribution in [2.24, 2.45) is 0 Å². The molecule has 1 aliphatic carbocycles. The van der Waals surface area contributed by atoms with Crippen molar-refractivity contribution in [1.29, 1.82) is 0 Å². The maximum Gasteiger partial charge on any atom is 0.160 e. The number of hydrogen-bond donors (Lipinski definition) is 1. The first-order valence-electron chi connectivity index (χ1n) is 6.82. The largest absolute Gasteiger partial charge is 0.397 e. The van der Waals surface area contributed by atoms with Gasteiger partial charge in [0, 0.05) is 32.2 Å².